The van der Waals surface area contributed by atoms with Crippen molar-refractivity contribution in [3.63, 3.8) is 0 Å². The van der Waals surface area contributed by atoms with E-state index in [4.69, 9.17) is 11.6 Å². The molecule has 0 saturated carbocycles. The second-order valence-electron chi connectivity index (χ2n) is 2.36. The highest BCUT2D eigenvalue weighted by atomic mass is 35.5. The van der Waals surface area contributed by atoms with Gasteiger partial charge in [0.25, 0.3) is 0 Å². The molecule has 1 rings (SSSR count). The van der Waals surface area contributed by atoms with Gasteiger partial charge in [-0.2, -0.15) is 22.0 Å². The Labute approximate surface area is 85.6 Å². The van der Waals surface area contributed by atoms with Gasteiger partial charge >= 0.3 is 12.8 Å². The highest BCUT2D eigenvalue weighted by molar-refractivity contribution is 6.30. The third-order valence-electron chi connectivity index (χ3n) is 1.34. The normalized spacial score (nSPS) is 11.9. The average Bonchev–Trinajstić information content (AvgIpc) is 1.99. The molecule has 1 aromatic rings. The summed E-state index contributed by atoms with van der Waals surface area (Å²) in [5.74, 6) is -0.664. The summed E-state index contributed by atoms with van der Waals surface area (Å²) in [5.41, 5.74) is -1.20. The molecule has 0 bridgehead atoms. The second-order valence-corrected chi connectivity index (χ2v) is 2.72. The summed E-state index contributed by atoms with van der Waals surface area (Å²) in [6.07, 6.45) is -4.67. The summed E-state index contributed by atoms with van der Waals surface area (Å²) < 4.78 is 63.5. The lowest BCUT2D eigenvalue weighted by molar-refractivity contribution is -0.137. The zero-order valence-corrected chi connectivity index (χ0v) is 7.61. The number of halogens is 6. The number of alkyl halides is 5. The SMILES string of the molecule is FC(F)Oc1ccc(C(F)(F)F)c(Cl)n1. The Bertz CT molecular complexity index is 354. The zero-order chi connectivity index (χ0) is 11.6. The predicted octanol–water partition coefficient (Wildman–Crippen LogP) is 3.36. The molecule has 0 aliphatic heterocycles. The zero-order valence-electron chi connectivity index (χ0n) is 6.86. The van der Waals surface area contributed by atoms with Gasteiger partial charge in [0.2, 0.25) is 5.88 Å². The predicted molar refractivity (Wildman–Crippen MR) is 40.9 cm³/mol. The maximum atomic E-state index is 12.1. The van der Waals surface area contributed by atoms with Gasteiger partial charge in [-0.1, -0.05) is 11.6 Å². The van der Waals surface area contributed by atoms with Gasteiger partial charge in [-0.15, -0.1) is 0 Å². The van der Waals surface area contributed by atoms with Crippen LogP contribution >= 0.6 is 11.6 Å². The third kappa shape index (κ3) is 3.19. The van der Waals surface area contributed by atoms with Crippen LogP contribution in [0.15, 0.2) is 12.1 Å². The molecule has 0 fully saturated rings. The van der Waals surface area contributed by atoms with Crippen LogP contribution in [0.3, 0.4) is 0 Å². The van der Waals surface area contributed by atoms with Crippen LogP contribution in [0.2, 0.25) is 5.15 Å². The lowest BCUT2D eigenvalue weighted by Gasteiger charge is -2.09. The first-order valence-electron chi connectivity index (χ1n) is 3.49. The van der Waals surface area contributed by atoms with Crippen LogP contribution in [0.25, 0.3) is 0 Å². The first kappa shape index (κ1) is 12.0. The molecule has 1 heterocycles. The molecule has 84 valence electrons. The van der Waals surface area contributed by atoms with Crippen LogP contribution < -0.4 is 4.74 Å². The molecular weight excluding hydrogens is 245 g/mol. The molecule has 15 heavy (non-hydrogen) atoms. The number of hydrogen-bond acceptors (Lipinski definition) is 2. The molecule has 0 atom stereocenters. The summed E-state index contributed by atoms with van der Waals surface area (Å²) in [7, 11) is 0. The van der Waals surface area contributed by atoms with Crippen molar-refractivity contribution in [1.82, 2.24) is 4.98 Å². The fourth-order valence-electron chi connectivity index (χ4n) is 0.786. The maximum Gasteiger partial charge on any atom is 0.419 e. The van der Waals surface area contributed by atoms with E-state index >= 15 is 0 Å². The molecular formula is C7H3ClF5NO. The minimum atomic E-state index is -4.67. The molecule has 8 heteroatoms. The van der Waals surface area contributed by atoms with Crippen molar-refractivity contribution < 1.29 is 26.7 Å². The topological polar surface area (TPSA) is 22.1 Å². The van der Waals surface area contributed by atoms with E-state index in [9.17, 15) is 22.0 Å². The van der Waals surface area contributed by atoms with Gasteiger partial charge in [0.15, 0.2) is 0 Å². The van der Waals surface area contributed by atoms with Crippen molar-refractivity contribution in [3.05, 3.63) is 22.8 Å². The Balaban J connectivity index is 2.99. The Morgan fingerprint density at radius 2 is 1.87 bits per heavy atom. The van der Waals surface area contributed by atoms with Gasteiger partial charge in [-0.25, -0.2) is 4.98 Å². The first-order chi connectivity index (χ1) is 6.80. The van der Waals surface area contributed by atoms with Gasteiger partial charge in [0.05, 0.1) is 5.56 Å². The van der Waals surface area contributed by atoms with E-state index in [0.29, 0.717) is 12.1 Å². The van der Waals surface area contributed by atoms with Crippen molar-refractivity contribution in [3.8, 4) is 5.88 Å². The van der Waals surface area contributed by atoms with Crippen molar-refractivity contribution in [2.45, 2.75) is 12.8 Å². The monoisotopic (exact) mass is 247 g/mol. The summed E-state index contributed by atoms with van der Waals surface area (Å²) in [5, 5.41) is -0.930. The quantitative estimate of drug-likeness (QED) is 0.591. The number of ether oxygens (including phenoxy) is 1. The Morgan fingerprint density at radius 1 is 1.27 bits per heavy atom. The molecule has 0 saturated heterocycles. The standard InChI is InChI=1S/C7H3ClF5NO/c8-5-3(7(11,12)13)1-2-4(14-5)15-6(9)10/h1-2,6H. The summed E-state index contributed by atoms with van der Waals surface area (Å²) in [6.45, 7) is -3.16. The molecule has 0 N–H and O–H groups in total. The minimum absolute atomic E-state index is 0.521. The largest absolute Gasteiger partial charge is 0.419 e. The molecule has 0 aliphatic carbocycles. The number of hydrogen-bond donors (Lipinski definition) is 0. The van der Waals surface area contributed by atoms with Gasteiger partial charge in [-0.3, -0.25) is 0 Å². The summed E-state index contributed by atoms with van der Waals surface area (Å²) in [6, 6.07) is 1.19. The fourth-order valence-corrected chi connectivity index (χ4v) is 1.04. The van der Waals surface area contributed by atoms with Crippen LogP contribution in [-0.4, -0.2) is 11.6 Å². The van der Waals surface area contributed by atoms with E-state index < -0.39 is 29.4 Å². The second kappa shape index (κ2) is 4.18. The Morgan fingerprint density at radius 3 is 2.27 bits per heavy atom. The van der Waals surface area contributed by atoms with Crippen LogP contribution in [0.1, 0.15) is 5.56 Å². The third-order valence-corrected chi connectivity index (χ3v) is 1.63. The molecule has 0 unspecified atom stereocenters. The van der Waals surface area contributed by atoms with Gasteiger partial charge in [0, 0.05) is 6.07 Å². The Kier molecular flexibility index (Phi) is 3.33. The minimum Gasteiger partial charge on any atom is -0.417 e. The van der Waals surface area contributed by atoms with Crippen molar-refractivity contribution in [2.24, 2.45) is 0 Å². The molecule has 0 aliphatic rings. The molecule has 1 aromatic heterocycles. The fraction of sp³-hybridized carbons (Fsp3) is 0.286. The lowest BCUT2D eigenvalue weighted by Crippen LogP contribution is -2.09. The molecule has 0 aromatic carbocycles. The number of rotatable bonds is 2. The van der Waals surface area contributed by atoms with Gasteiger partial charge in [0.1, 0.15) is 5.15 Å². The lowest BCUT2D eigenvalue weighted by atomic mass is 10.3. The van der Waals surface area contributed by atoms with Crippen molar-refractivity contribution in [1.29, 1.82) is 0 Å². The molecule has 0 spiro atoms. The Hall–Kier alpha value is -1.11. The summed E-state index contributed by atoms with van der Waals surface area (Å²) in [4.78, 5) is 3.02. The van der Waals surface area contributed by atoms with Gasteiger partial charge in [-0.05, 0) is 6.07 Å². The number of nitrogens with zero attached hydrogens (tertiary/aromatic N) is 1. The molecule has 0 amide bonds. The van der Waals surface area contributed by atoms with E-state index in [1.165, 1.54) is 0 Å². The van der Waals surface area contributed by atoms with E-state index in [1.807, 2.05) is 0 Å². The van der Waals surface area contributed by atoms with Crippen LogP contribution in [0.5, 0.6) is 5.88 Å². The van der Waals surface area contributed by atoms with Crippen LogP contribution in [0.4, 0.5) is 22.0 Å². The highest BCUT2D eigenvalue weighted by Crippen LogP contribution is 2.34. The van der Waals surface area contributed by atoms with Crippen molar-refractivity contribution in [2.75, 3.05) is 0 Å². The molecule has 0 radical (unpaired) electrons. The number of aromatic nitrogens is 1. The smallest absolute Gasteiger partial charge is 0.417 e. The number of pyridine rings is 1. The van der Waals surface area contributed by atoms with E-state index in [2.05, 4.69) is 9.72 Å². The molecule has 2 nitrogen and oxygen atoms in total. The highest BCUT2D eigenvalue weighted by Gasteiger charge is 2.34. The van der Waals surface area contributed by atoms with Crippen LogP contribution in [0, 0.1) is 0 Å². The van der Waals surface area contributed by atoms with E-state index in [0.717, 1.165) is 0 Å². The maximum absolute atomic E-state index is 12.1. The van der Waals surface area contributed by atoms with Crippen molar-refractivity contribution >= 4 is 11.6 Å². The average molecular weight is 248 g/mol. The van der Waals surface area contributed by atoms with Gasteiger partial charge < -0.3 is 4.74 Å². The first-order valence-corrected chi connectivity index (χ1v) is 3.87. The summed E-state index contributed by atoms with van der Waals surface area (Å²) >= 11 is 5.14. The van der Waals surface area contributed by atoms with Crippen LogP contribution in [-0.2, 0) is 6.18 Å². The van der Waals surface area contributed by atoms with E-state index in [1.54, 1.807) is 0 Å². The van der Waals surface area contributed by atoms with E-state index in [-0.39, 0.29) is 0 Å².